The summed E-state index contributed by atoms with van der Waals surface area (Å²) in [6.07, 6.45) is 3.12. The smallest absolute Gasteiger partial charge is 0.225 e. The molecule has 0 saturated carbocycles. The average molecular weight is 267 g/mol. The van der Waals surface area contributed by atoms with E-state index < -0.39 is 0 Å². The number of piperidine rings is 1. The maximum atomic E-state index is 11.3. The fourth-order valence-electron chi connectivity index (χ4n) is 2.30. The molecule has 0 spiro atoms. The van der Waals surface area contributed by atoms with Crippen LogP contribution in [0.4, 0.5) is 5.13 Å². The van der Waals surface area contributed by atoms with Crippen LogP contribution in [0.5, 0.6) is 0 Å². The number of rotatable bonds is 4. The van der Waals surface area contributed by atoms with Gasteiger partial charge in [0.25, 0.3) is 0 Å². The first-order chi connectivity index (χ1) is 8.67. The highest BCUT2D eigenvalue weighted by Crippen LogP contribution is 2.20. The van der Waals surface area contributed by atoms with Gasteiger partial charge in [-0.05, 0) is 25.3 Å². The molecule has 0 aromatic carbocycles. The maximum absolute atomic E-state index is 11.3. The number of hydrogen-bond donors (Lipinski definition) is 1. The molecule has 1 aliphatic rings. The molecule has 18 heavy (non-hydrogen) atoms. The highest BCUT2D eigenvalue weighted by Gasteiger charge is 2.17. The Bertz CT molecular complexity index is 405. The van der Waals surface area contributed by atoms with Crippen LogP contribution in [0.2, 0.25) is 0 Å². The number of aromatic nitrogens is 1. The Labute approximate surface area is 112 Å². The number of likely N-dealkylation sites (tertiary alicyclic amines) is 1. The fourth-order valence-corrected chi connectivity index (χ4v) is 3.02. The minimum atomic E-state index is 0.0301. The van der Waals surface area contributed by atoms with Crippen LogP contribution in [-0.2, 0) is 11.3 Å². The second-order valence-corrected chi connectivity index (χ2v) is 5.89. The molecule has 5 heteroatoms. The van der Waals surface area contributed by atoms with Crippen LogP contribution in [0, 0.1) is 5.92 Å². The summed E-state index contributed by atoms with van der Waals surface area (Å²) >= 11 is 1.51. The van der Waals surface area contributed by atoms with Gasteiger partial charge in [-0.15, -0.1) is 11.3 Å². The molecule has 1 atom stereocenters. The number of thiazole rings is 1. The molecule has 2 rings (SSSR count). The van der Waals surface area contributed by atoms with Crippen LogP contribution in [-0.4, -0.2) is 28.9 Å². The maximum Gasteiger partial charge on any atom is 0.225 e. The standard InChI is InChI=1S/C13H21N3OS/c1-3-12(17)15-13-14-11(9-18-13)8-16-6-4-5-10(2)7-16/h9-10H,3-8H2,1-2H3,(H,14,15,17). The third-order valence-corrected chi connectivity index (χ3v) is 4.05. The highest BCUT2D eigenvalue weighted by atomic mass is 32.1. The van der Waals surface area contributed by atoms with Crippen molar-refractivity contribution in [2.75, 3.05) is 18.4 Å². The van der Waals surface area contributed by atoms with Gasteiger partial charge in [-0.1, -0.05) is 13.8 Å². The van der Waals surface area contributed by atoms with E-state index in [1.807, 2.05) is 12.3 Å². The molecule has 0 bridgehead atoms. The lowest BCUT2D eigenvalue weighted by Crippen LogP contribution is -2.33. The Morgan fingerprint density at radius 1 is 1.67 bits per heavy atom. The van der Waals surface area contributed by atoms with Gasteiger partial charge in [0.1, 0.15) is 0 Å². The highest BCUT2D eigenvalue weighted by molar-refractivity contribution is 7.13. The lowest BCUT2D eigenvalue weighted by atomic mass is 10.0. The molecule has 1 aromatic heterocycles. The first-order valence-corrected chi connectivity index (χ1v) is 7.52. The van der Waals surface area contributed by atoms with Crippen molar-refractivity contribution in [3.8, 4) is 0 Å². The van der Waals surface area contributed by atoms with Gasteiger partial charge in [-0.3, -0.25) is 9.69 Å². The van der Waals surface area contributed by atoms with E-state index in [-0.39, 0.29) is 5.91 Å². The third kappa shape index (κ3) is 3.78. The van der Waals surface area contributed by atoms with Crippen LogP contribution < -0.4 is 5.32 Å². The molecular weight excluding hydrogens is 246 g/mol. The zero-order valence-electron chi connectivity index (χ0n) is 11.1. The SMILES string of the molecule is CCC(=O)Nc1nc(CN2CCCC(C)C2)cs1. The van der Waals surface area contributed by atoms with Gasteiger partial charge in [0.15, 0.2) is 5.13 Å². The van der Waals surface area contributed by atoms with Gasteiger partial charge in [-0.2, -0.15) is 0 Å². The minimum absolute atomic E-state index is 0.0301. The summed E-state index contributed by atoms with van der Waals surface area (Å²) in [6, 6.07) is 0. The average Bonchev–Trinajstić information content (AvgIpc) is 2.76. The number of nitrogens with one attached hydrogen (secondary N) is 1. The number of anilines is 1. The van der Waals surface area contributed by atoms with Gasteiger partial charge in [-0.25, -0.2) is 4.98 Å². The van der Waals surface area contributed by atoms with Crippen LogP contribution in [0.15, 0.2) is 5.38 Å². The van der Waals surface area contributed by atoms with E-state index >= 15 is 0 Å². The zero-order valence-corrected chi connectivity index (χ0v) is 11.9. The molecule has 1 aromatic rings. The molecule has 0 radical (unpaired) electrons. The lowest BCUT2D eigenvalue weighted by Gasteiger charge is -2.30. The Kier molecular flexibility index (Phi) is 4.72. The first-order valence-electron chi connectivity index (χ1n) is 6.64. The van der Waals surface area contributed by atoms with Crippen molar-refractivity contribution in [2.24, 2.45) is 5.92 Å². The number of hydrogen-bond acceptors (Lipinski definition) is 4. The van der Waals surface area contributed by atoms with E-state index in [4.69, 9.17) is 0 Å². The Hall–Kier alpha value is -0.940. The summed E-state index contributed by atoms with van der Waals surface area (Å²) in [5.41, 5.74) is 1.07. The minimum Gasteiger partial charge on any atom is -0.302 e. The van der Waals surface area contributed by atoms with Crippen molar-refractivity contribution in [3.63, 3.8) is 0 Å². The van der Waals surface area contributed by atoms with E-state index in [9.17, 15) is 4.79 Å². The van der Waals surface area contributed by atoms with Crippen molar-refractivity contribution in [1.29, 1.82) is 0 Å². The summed E-state index contributed by atoms with van der Waals surface area (Å²) in [4.78, 5) is 18.2. The molecule has 1 N–H and O–H groups in total. The van der Waals surface area contributed by atoms with E-state index in [1.54, 1.807) is 0 Å². The Morgan fingerprint density at radius 2 is 2.50 bits per heavy atom. The van der Waals surface area contributed by atoms with Crippen LogP contribution in [0.3, 0.4) is 0 Å². The van der Waals surface area contributed by atoms with Gasteiger partial charge < -0.3 is 5.32 Å². The zero-order chi connectivity index (χ0) is 13.0. The fraction of sp³-hybridized carbons (Fsp3) is 0.692. The van der Waals surface area contributed by atoms with Crippen molar-refractivity contribution in [2.45, 2.75) is 39.7 Å². The predicted molar refractivity (Wildman–Crippen MR) is 74.7 cm³/mol. The second-order valence-electron chi connectivity index (χ2n) is 5.03. The third-order valence-electron chi connectivity index (χ3n) is 3.25. The van der Waals surface area contributed by atoms with Crippen LogP contribution in [0.25, 0.3) is 0 Å². The molecule has 1 fully saturated rings. The number of carbonyl (C=O) groups excluding carboxylic acids is 1. The predicted octanol–water partition coefficient (Wildman–Crippen LogP) is 2.72. The van der Waals surface area contributed by atoms with E-state index in [0.29, 0.717) is 6.42 Å². The lowest BCUT2D eigenvalue weighted by molar-refractivity contribution is -0.115. The van der Waals surface area contributed by atoms with Gasteiger partial charge in [0.2, 0.25) is 5.91 Å². The van der Waals surface area contributed by atoms with Crippen LogP contribution in [0.1, 0.15) is 38.8 Å². The monoisotopic (exact) mass is 267 g/mol. The van der Waals surface area contributed by atoms with Crippen molar-refractivity contribution < 1.29 is 4.79 Å². The Morgan fingerprint density at radius 3 is 3.22 bits per heavy atom. The Balaban J connectivity index is 1.88. The summed E-state index contributed by atoms with van der Waals surface area (Å²) in [5.74, 6) is 0.819. The molecule has 100 valence electrons. The van der Waals surface area contributed by atoms with Gasteiger partial charge in [0.05, 0.1) is 5.69 Å². The molecule has 4 nitrogen and oxygen atoms in total. The second kappa shape index (κ2) is 6.29. The van der Waals surface area contributed by atoms with E-state index in [2.05, 4.69) is 22.1 Å². The molecule has 2 heterocycles. The molecule has 1 amide bonds. The molecule has 1 aliphatic heterocycles. The van der Waals surface area contributed by atoms with E-state index in [0.717, 1.165) is 29.8 Å². The quantitative estimate of drug-likeness (QED) is 0.912. The summed E-state index contributed by atoms with van der Waals surface area (Å²) < 4.78 is 0. The topological polar surface area (TPSA) is 45.2 Å². The molecule has 1 unspecified atom stereocenters. The largest absolute Gasteiger partial charge is 0.302 e. The van der Waals surface area contributed by atoms with Gasteiger partial charge >= 0.3 is 0 Å². The summed E-state index contributed by atoms with van der Waals surface area (Å²) in [6.45, 7) is 7.38. The van der Waals surface area contributed by atoms with Crippen LogP contribution >= 0.6 is 11.3 Å². The van der Waals surface area contributed by atoms with Crippen molar-refractivity contribution >= 4 is 22.4 Å². The van der Waals surface area contributed by atoms with Crippen molar-refractivity contribution in [1.82, 2.24) is 9.88 Å². The molecular formula is C13H21N3OS. The van der Waals surface area contributed by atoms with E-state index in [1.165, 1.54) is 30.7 Å². The first kappa shape index (κ1) is 13.5. The number of amides is 1. The molecule has 0 aliphatic carbocycles. The summed E-state index contributed by atoms with van der Waals surface area (Å²) in [7, 11) is 0. The number of nitrogens with zero attached hydrogens (tertiary/aromatic N) is 2. The van der Waals surface area contributed by atoms with Gasteiger partial charge in [0, 0.05) is 24.9 Å². The van der Waals surface area contributed by atoms with Crippen molar-refractivity contribution in [3.05, 3.63) is 11.1 Å². The summed E-state index contributed by atoms with van der Waals surface area (Å²) in [5, 5.41) is 5.58. The normalized spacial score (nSPS) is 20.9. The molecule has 1 saturated heterocycles. The number of carbonyl (C=O) groups is 1.